The van der Waals surface area contributed by atoms with Crippen LogP contribution < -0.4 is 10.9 Å². The van der Waals surface area contributed by atoms with Crippen molar-refractivity contribution >= 4 is 29.0 Å². The molecule has 1 aromatic heterocycles. The van der Waals surface area contributed by atoms with Crippen molar-refractivity contribution in [1.29, 1.82) is 0 Å². The van der Waals surface area contributed by atoms with Crippen LogP contribution in [-0.2, 0) is 16.1 Å². The third-order valence-electron chi connectivity index (χ3n) is 4.11. The average molecular weight is 333 g/mol. The molecule has 0 unspecified atom stereocenters. The number of para-hydroxylation sites is 1. The van der Waals surface area contributed by atoms with E-state index < -0.39 is 0 Å². The predicted octanol–water partition coefficient (Wildman–Crippen LogP) is 1.74. The molecule has 1 aliphatic heterocycles. The van der Waals surface area contributed by atoms with Gasteiger partial charge >= 0.3 is 0 Å². The van der Waals surface area contributed by atoms with Crippen molar-refractivity contribution in [1.82, 2.24) is 14.9 Å². The maximum atomic E-state index is 12.5. The molecular formula is C16H19N3O3S. The predicted molar refractivity (Wildman–Crippen MR) is 90.0 cm³/mol. The molecule has 1 saturated heterocycles. The van der Waals surface area contributed by atoms with Gasteiger partial charge < -0.3 is 15.0 Å². The summed E-state index contributed by atoms with van der Waals surface area (Å²) >= 11 is 5.24. The van der Waals surface area contributed by atoms with E-state index in [1.165, 1.54) is 4.57 Å². The van der Waals surface area contributed by atoms with Crippen LogP contribution in [0.1, 0.15) is 19.8 Å². The molecule has 2 N–H and O–H groups in total. The van der Waals surface area contributed by atoms with Gasteiger partial charge in [0.2, 0.25) is 5.91 Å². The molecule has 0 spiro atoms. The van der Waals surface area contributed by atoms with Gasteiger partial charge in [0.25, 0.3) is 5.56 Å². The van der Waals surface area contributed by atoms with Crippen molar-refractivity contribution in [3.05, 3.63) is 39.4 Å². The third-order valence-corrected chi connectivity index (χ3v) is 4.43. The number of hydrogen-bond donors (Lipinski definition) is 2. The number of nitrogens with one attached hydrogen (secondary N) is 2. The number of carbonyl (C=O) groups is 1. The minimum absolute atomic E-state index is 0.104. The molecule has 1 aromatic carbocycles. The fourth-order valence-corrected chi connectivity index (χ4v) is 3.06. The number of amides is 1. The van der Waals surface area contributed by atoms with Crippen LogP contribution in [0.3, 0.4) is 0 Å². The molecular weight excluding hydrogens is 314 g/mol. The first kappa shape index (κ1) is 15.9. The molecule has 1 aliphatic rings. The summed E-state index contributed by atoms with van der Waals surface area (Å²) in [5.41, 5.74) is 0.223. The number of aromatic nitrogens is 2. The lowest BCUT2D eigenvalue weighted by Gasteiger charge is -2.23. The van der Waals surface area contributed by atoms with E-state index >= 15 is 0 Å². The number of ether oxygens (including phenoxy) is 1. The summed E-state index contributed by atoms with van der Waals surface area (Å²) in [6.45, 7) is 3.40. The van der Waals surface area contributed by atoms with Gasteiger partial charge in [-0.3, -0.25) is 14.2 Å². The highest BCUT2D eigenvalue weighted by atomic mass is 32.1. The zero-order valence-corrected chi connectivity index (χ0v) is 13.7. The number of fused-ring (bicyclic) bond motifs is 1. The summed E-state index contributed by atoms with van der Waals surface area (Å²) in [6, 6.07) is 7.20. The number of nitrogens with zero attached hydrogens (tertiary/aromatic N) is 1. The Morgan fingerprint density at radius 2 is 2.26 bits per heavy atom. The van der Waals surface area contributed by atoms with E-state index in [4.69, 9.17) is 17.0 Å². The van der Waals surface area contributed by atoms with Gasteiger partial charge in [0, 0.05) is 19.6 Å². The Kier molecular flexibility index (Phi) is 4.32. The number of benzene rings is 1. The van der Waals surface area contributed by atoms with Gasteiger partial charge in [0.05, 0.1) is 23.0 Å². The third kappa shape index (κ3) is 3.35. The SMILES string of the molecule is C[C@]1(NC(=O)CCn2c(=S)[nH]c3ccccc3c2=O)CCOC1. The van der Waals surface area contributed by atoms with Crippen molar-refractivity contribution in [2.45, 2.75) is 31.8 Å². The summed E-state index contributed by atoms with van der Waals surface area (Å²) in [4.78, 5) is 27.7. The number of carbonyl (C=O) groups excluding carboxylic acids is 1. The monoisotopic (exact) mass is 333 g/mol. The van der Waals surface area contributed by atoms with E-state index in [1.807, 2.05) is 19.1 Å². The minimum Gasteiger partial charge on any atom is -0.379 e. The first-order valence-electron chi connectivity index (χ1n) is 7.59. The quantitative estimate of drug-likeness (QED) is 0.836. The standard InChI is InChI=1S/C16H19N3O3S/c1-16(7-9-22-10-16)18-13(20)6-8-19-14(21)11-4-2-3-5-12(11)17-15(19)23/h2-5H,6-10H2,1H3,(H,17,23)(H,18,20)/t16-/m0/s1. The zero-order valence-electron chi connectivity index (χ0n) is 12.9. The lowest BCUT2D eigenvalue weighted by Crippen LogP contribution is -2.46. The lowest BCUT2D eigenvalue weighted by molar-refractivity contribution is -0.123. The summed E-state index contributed by atoms with van der Waals surface area (Å²) in [6.07, 6.45) is 1.00. The summed E-state index contributed by atoms with van der Waals surface area (Å²) in [7, 11) is 0. The maximum Gasteiger partial charge on any atom is 0.262 e. The van der Waals surface area contributed by atoms with Crippen molar-refractivity contribution in [2.24, 2.45) is 0 Å². The molecule has 0 aliphatic carbocycles. The van der Waals surface area contributed by atoms with Gasteiger partial charge in [-0.25, -0.2) is 0 Å². The largest absolute Gasteiger partial charge is 0.379 e. The van der Waals surface area contributed by atoms with E-state index in [1.54, 1.807) is 12.1 Å². The minimum atomic E-state index is -0.311. The van der Waals surface area contributed by atoms with Crippen LogP contribution >= 0.6 is 12.2 Å². The highest BCUT2D eigenvalue weighted by Gasteiger charge is 2.30. The first-order chi connectivity index (χ1) is 11.0. The van der Waals surface area contributed by atoms with E-state index in [-0.39, 0.29) is 30.0 Å². The molecule has 0 bridgehead atoms. The van der Waals surface area contributed by atoms with Gasteiger partial charge in [0.1, 0.15) is 0 Å². The highest BCUT2D eigenvalue weighted by Crippen LogP contribution is 2.17. The second-order valence-corrected chi connectivity index (χ2v) is 6.48. The average Bonchev–Trinajstić information content (AvgIpc) is 2.93. The number of hydrogen-bond acceptors (Lipinski definition) is 4. The van der Waals surface area contributed by atoms with Crippen LogP contribution in [0.15, 0.2) is 29.1 Å². The molecule has 1 fully saturated rings. The smallest absolute Gasteiger partial charge is 0.262 e. The van der Waals surface area contributed by atoms with Gasteiger partial charge in [0.15, 0.2) is 4.77 Å². The van der Waals surface area contributed by atoms with Crippen LogP contribution in [0.25, 0.3) is 10.9 Å². The zero-order chi connectivity index (χ0) is 16.4. The van der Waals surface area contributed by atoms with E-state index in [0.717, 1.165) is 6.42 Å². The van der Waals surface area contributed by atoms with E-state index in [2.05, 4.69) is 10.3 Å². The van der Waals surface area contributed by atoms with Crippen molar-refractivity contribution in [3.63, 3.8) is 0 Å². The van der Waals surface area contributed by atoms with Gasteiger partial charge in [-0.2, -0.15) is 0 Å². The Balaban J connectivity index is 1.75. The van der Waals surface area contributed by atoms with Crippen LogP contribution in [0.4, 0.5) is 0 Å². The van der Waals surface area contributed by atoms with Gasteiger partial charge in [-0.15, -0.1) is 0 Å². The topological polar surface area (TPSA) is 76.1 Å². The number of rotatable bonds is 4. The fraction of sp³-hybridized carbons (Fsp3) is 0.438. The second-order valence-electron chi connectivity index (χ2n) is 6.09. The van der Waals surface area contributed by atoms with Crippen LogP contribution in [0.2, 0.25) is 0 Å². The Morgan fingerprint density at radius 1 is 1.48 bits per heavy atom. The highest BCUT2D eigenvalue weighted by molar-refractivity contribution is 7.71. The molecule has 23 heavy (non-hydrogen) atoms. The molecule has 2 heterocycles. The lowest BCUT2D eigenvalue weighted by atomic mass is 10.0. The molecule has 3 rings (SSSR count). The molecule has 6 nitrogen and oxygen atoms in total. The van der Waals surface area contributed by atoms with Crippen molar-refractivity contribution < 1.29 is 9.53 Å². The normalized spacial score (nSPS) is 20.7. The van der Waals surface area contributed by atoms with Crippen molar-refractivity contribution in [2.75, 3.05) is 13.2 Å². The van der Waals surface area contributed by atoms with Crippen LogP contribution in [0.5, 0.6) is 0 Å². The fourth-order valence-electron chi connectivity index (χ4n) is 2.78. The Hall–Kier alpha value is -1.99. The van der Waals surface area contributed by atoms with E-state index in [9.17, 15) is 9.59 Å². The van der Waals surface area contributed by atoms with Gasteiger partial charge in [-0.1, -0.05) is 12.1 Å². The summed E-state index contributed by atoms with van der Waals surface area (Å²) in [5, 5.41) is 3.55. The number of H-pyrrole nitrogens is 1. The molecule has 0 radical (unpaired) electrons. The molecule has 1 amide bonds. The summed E-state index contributed by atoms with van der Waals surface area (Å²) in [5.74, 6) is -0.104. The Bertz CT molecular complexity index is 850. The van der Waals surface area contributed by atoms with Crippen molar-refractivity contribution in [3.8, 4) is 0 Å². The molecule has 7 heteroatoms. The summed E-state index contributed by atoms with van der Waals surface area (Å²) < 4.78 is 7.08. The molecule has 0 saturated carbocycles. The van der Waals surface area contributed by atoms with Gasteiger partial charge in [-0.05, 0) is 37.7 Å². The Morgan fingerprint density at radius 3 is 3.00 bits per heavy atom. The van der Waals surface area contributed by atoms with Crippen LogP contribution in [0, 0.1) is 4.77 Å². The molecule has 1 atom stereocenters. The Labute approximate surface area is 138 Å². The molecule has 2 aromatic rings. The first-order valence-corrected chi connectivity index (χ1v) is 8.00. The van der Waals surface area contributed by atoms with E-state index in [0.29, 0.717) is 28.9 Å². The maximum absolute atomic E-state index is 12.5. The molecule has 122 valence electrons. The second kappa shape index (κ2) is 6.25. The van der Waals surface area contributed by atoms with Crippen LogP contribution in [-0.4, -0.2) is 34.2 Å². The number of aromatic amines is 1.